The van der Waals surface area contributed by atoms with Crippen LogP contribution < -0.4 is 5.73 Å². The van der Waals surface area contributed by atoms with Gasteiger partial charge in [0.25, 0.3) is 0 Å². The molecule has 0 bridgehead atoms. The highest BCUT2D eigenvalue weighted by atomic mass is 16.3. The number of hydrogen-bond donors (Lipinski definition) is 3. The molecule has 1 aromatic rings. The molecular formula is C8H15N3O2. The Morgan fingerprint density at radius 2 is 2.15 bits per heavy atom. The second-order valence-corrected chi connectivity index (χ2v) is 3.60. The Hall–Kier alpha value is -1.07. The van der Waals surface area contributed by atoms with Crippen molar-refractivity contribution in [2.75, 3.05) is 18.9 Å². The Morgan fingerprint density at radius 3 is 2.54 bits per heavy atom. The number of nitrogen functional groups attached to an aromatic ring is 1. The summed E-state index contributed by atoms with van der Waals surface area (Å²) in [6.45, 7) is 2.08. The van der Waals surface area contributed by atoms with Crippen molar-refractivity contribution in [2.45, 2.75) is 13.5 Å². The van der Waals surface area contributed by atoms with Crippen LogP contribution in [0.3, 0.4) is 0 Å². The van der Waals surface area contributed by atoms with Gasteiger partial charge >= 0.3 is 0 Å². The highest BCUT2D eigenvalue weighted by Gasteiger charge is 2.23. The van der Waals surface area contributed by atoms with Crippen molar-refractivity contribution >= 4 is 5.69 Å². The summed E-state index contributed by atoms with van der Waals surface area (Å²) in [6, 6.07) is 0. The molecular weight excluding hydrogens is 170 g/mol. The van der Waals surface area contributed by atoms with Gasteiger partial charge in [0, 0.05) is 11.6 Å². The van der Waals surface area contributed by atoms with Crippen molar-refractivity contribution < 1.29 is 10.2 Å². The third-order valence-electron chi connectivity index (χ3n) is 1.96. The molecule has 0 aliphatic heterocycles. The molecule has 0 atom stereocenters. The smallest absolute Gasteiger partial charge is 0.0719 e. The molecule has 1 aromatic heterocycles. The standard InChI is InChI=1S/C8H15N3O2/c1-8(5-12,6-13)4-11-3-7(9)2-10-11/h2-3,12-13H,4-6,9H2,1H3. The third-order valence-corrected chi connectivity index (χ3v) is 1.96. The first-order valence-electron chi connectivity index (χ1n) is 4.09. The molecule has 0 spiro atoms. The lowest BCUT2D eigenvalue weighted by atomic mass is 9.93. The predicted molar refractivity (Wildman–Crippen MR) is 48.9 cm³/mol. The molecule has 0 aliphatic carbocycles. The van der Waals surface area contributed by atoms with E-state index >= 15 is 0 Å². The SMILES string of the molecule is CC(CO)(CO)Cn1cc(N)cn1. The van der Waals surface area contributed by atoms with E-state index in [0.29, 0.717) is 12.2 Å². The number of nitrogens with zero attached hydrogens (tertiary/aromatic N) is 2. The largest absolute Gasteiger partial charge is 0.396 e. The minimum Gasteiger partial charge on any atom is -0.396 e. The molecule has 0 amide bonds. The minimum absolute atomic E-state index is 0.0801. The number of anilines is 1. The summed E-state index contributed by atoms with van der Waals surface area (Å²) in [5.74, 6) is 0. The Kier molecular flexibility index (Phi) is 2.90. The van der Waals surface area contributed by atoms with Gasteiger partial charge in [0.1, 0.15) is 0 Å². The van der Waals surface area contributed by atoms with Gasteiger partial charge in [-0.1, -0.05) is 6.92 Å². The number of hydrogen-bond acceptors (Lipinski definition) is 4. The topological polar surface area (TPSA) is 84.3 Å². The number of nitrogens with two attached hydrogens (primary N) is 1. The van der Waals surface area contributed by atoms with Crippen molar-refractivity contribution in [3.63, 3.8) is 0 Å². The summed E-state index contributed by atoms with van der Waals surface area (Å²) in [7, 11) is 0. The van der Waals surface area contributed by atoms with E-state index in [1.54, 1.807) is 17.8 Å². The zero-order chi connectivity index (χ0) is 9.90. The molecule has 74 valence electrons. The van der Waals surface area contributed by atoms with Crippen molar-refractivity contribution in [1.29, 1.82) is 0 Å². The molecule has 0 saturated heterocycles. The molecule has 5 heteroatoms. The normalized spacial score (nSPS) is 11.9. The van der Waals surface area contributed by atoms with Gasteiger partial charge in [-0.3, -0.25) is 4.68 Å². The first-order chi connectivity index (χ1) is 6.09. The molecule has 1 heterocycles. The van der Waals surface area contributed by atoms with E-state index in [0.717, 1.165) is 0 Å². The van der Waals surface area contributed by atoms with Crippen molar-refractivity contribution in [3.8, 4) is 0 Å². The second kappa shape index (κ2) is 3.76. The highest BCUT2D eigenvalue weighted by molar-refractivity contribution is 5.30. The average molecular weight is 185 g/mol. The first-order valence-corrected chi connectivity index (χ1v) is 4.09. The van der Waals surface area contributed by atoms with Crippen LogP contribution in [0.5, 0.6) is 0 Å². The molecule has 0 aliphatic rings. The first kappa shape index (κ1) is 10.0. The van der Waals surface area contributed by atoms with Crippen molar-refractivity contribution in [1.82, 2.24) is 9.78 Å². The quantitative estimate of drug-likeness (QED) is 0.588. The predicted octanol–water partition coefficient (Wildman–Crippen LogP) is -0.544. The molecule has 0 saturated carbocycles. The molecule has 13 heavy (non-hydrogen) atoms. The monoisotopic (exact) mass is 185 g/mol. The number of rotatable bonds is 4. The van der Waals surface area contributed by atoms with Crippen LogP contribution >= 0.6 is 0 Å². The zero-order valence-electron chi connectivity index (χ0n) is 7.64. The van der Waals surface area contributed by atoms with Gasteiger partial charge in [0.2, 0.25) is 0 Å². The summed E-state index contributed by atoms with van der Waals surface area (Å²) in [5.41, 5.74) is 5.51. The molecule has 5 nitrogen and oxygen atoms in total. The van der Waals surface area contributed by atoms with E-state index < -0.39 is 5.41 Å². The minimum atomic E-state index is -0.543. The lowest BCUT2D eigenvalue weighted by Gasteiger charge is -2.23. The third kappa shape index (κ3) is 2.43. The van der Waals surface area contributed by atoms with Crippen LogP contribution in [0.25, 0.3) is 0 Å². The van der Waals surface area contributed by atoms with Crippen LogP contribution in [-0.2, 0) is 6.54 Å². The van der Waals surface area contributed by atoms with Crippen LogP contribution in [0, 0.1) is 5.41 Å². The lowest BCUT2D eigenvalue weighted by Crippen LogP contribution is -2.31. The van der Waals surface area contributed by atoms with Crippen LogP contribution in [0.2, 0.25) is 0 Å². The van der Waals surface area contributed by atoms with E-state index in [4.69, 9.17) is 15.9 Å². The van der Waals surface area contributed by atoms with E-state index in [9.17, 15) is 0 Å². The average Bonchev–Trinajstić information content (AvgIpc) is 2.51. The van der Waals surface area contributed by atoms with Crippen molar-refractivity contribution in [2.24, 2.45) is 5.41 Å². The molecule has 4 N–H and O–H groups in total. The second-order valence-electron chi connectivity index (χ2n) is 3.60. The van der Waals surface area contributed by atoms with E-state index in [2.05, 4.69) is 5.10 Å². The summed E-state index contributed by atoms with van der Waals surface area (Å²) in [4.78, 5) is 0. The van der Waals surface area contributed by atoms with Gasteiger partial charge in [-0.2, -0.15) is 5.10 Å². The van der Waals surface area contributed by atoms with Crippen LogP contribution in [0.4, 0.5) is 5.69 Å². The van der Waals surface area contributed by atoms with Crippen LogP contribution in [0.1, 0.15) is 6.92 Å². The molecule has 0 fully saturated rings. The summed E-state index contributed by atoms with van der Waals surface area (Å²) < 4.78 is 1.61. The summed E-state index contributed by atoms with van der Waals surface area (Å²) >= 11 is 0. The van der Waals surface area contributed by atoms with Gasteiger partial charge in [0.15, 0.2) is 0 Å². The summed E-state index contributed by atoms with van der Waals surface area (Å²) in [5, 5.41) is 22.0. The van der Waals surface area contributed by atoms with Gasteiger partial charge < -0.3 is 15.9 Å². The lowest BCUT2D eigenvalue weighted by molar-refractivity contribution is 0.0524. The van der Waals surface area contributed by atoms with Gasteiger partial charge in [-0.25, -0.2) is 0 Å². The fourth-order valence-corrected chi connectivity index (χ4v) is 1.01. The molecule has 0 aromatic carbocycles. The Labute approximate surface area is 76.8 Å². The van der Waals surface area contributed by atoms with E-state index in [1.165, 1.54) is 6.20 Å². The Bertz CT molecular complexity index is 268. The Morgan fingerprint density at radius 1 is 1.54 bits per heavy atom. The number of aliphatic hydroxyl groups is 2. The van der Waals surface area contributed by atoms with E-state index in [-0.39, 0.29) is 13.2 Å². The number of aliphatic hydroxyl groups excluding tert-OH is 2. The van der Waals surface area contributed by atoms with Crippen molar-refractivity contribution in [3.05, 3.63) is 12.4 Å². The highest BCUT2D eigenvalue weighted by Crippen LogP contribution is 2.17. The fourth-order valence-electron chi connectivity index (χ4n) is 1.01. The molecule has 1 rings (SSSR count). The zero-order valence-corrected chi connectivity index (χ0v) is 7.64. The maximum Gasteiger partial charge on any atom is 0.0719 e. The Balaban J connectivity index is 2.67. The van der Waals surface area contributed by atoms with E-state index in [1.807, 2.05) is 0 Å². The van der Waals surface area contributed by atoms with Gasteiger partial charge in [-0.05, 0) is 0 Å². The van der Waals surface area contributed by atoms with Gasteiger partial charge in [-0.15, -0.1) is 0 Å². The molecule has 0 unspecified atom stereocenters. The van der Waals surface area contributed by atoms with Gasteiger partial charge in [0.05, 0.1) is 31.6 Å². The summed E-state index contributed by atoms with van der Waals surface area (Å²) in [6.07, 6.45) is 3.21. The maximum atomic E-state index is 9.02. The maximum absolute atomic E-state index is 9.02. The van der Waals surface area contributed by atoms with Crippen LogP contribution in [-0.4, -0.2) is 33.2 Å². The fraction of sp³-hybridized carbons (Fsp3) is 0.625. The number of aromatic nitrogens is 2. The molecule has 0 radical (unpaired) electrons. The van der Waals surface area contributed by atoms with Crippen LogP contribution in [0.15, 0.2) is 12.4 Å².